The van der Waals surface area contributed by atoms with Crippen molar-refractivity contribution < 1.29 is 4.79 Å². The number of carbonyl (C=O) groups excluding carboxylic acids is 1. The Labute approximate surface area is 110 Å². The molecule has 0 spiro atoms. The van der Waals surface area contributed by atoms with Gasteiger partial charge in [-0.1, -0.05) is 13.8 Å². The van der Waals surface area contributed by atoms with Crippen LogP contribution >= 0.6 is 0 Å². The SMILES string of the molecule is Cc1cc(NC(=O)NC(C)C)cc(C)c1C(C)C. The topological polar surface area (TPSA) is 41.1 Å². The van der Waals surface area contributed by atoms with Crippen LogP contribution < -0.4 is 10.6 Å². The van der Waals surface area contributed by atoms with Crippen LogP contribution in [0.4, 0.5) is 10.5 Å². The van der Waals surface area contributed by atoms with Crippen LogP contribution in [0.2, 0.25) is 0 Å². The molecule has 0 aliphatic carbocycles. The third-order valence-electron chi connectivity index (χ3n) is 2.85. The minimum atomic E-state index is -0.152. The van der Waals surface area contributed by atoms with E-state index in [0.29, 0.717) is 5.92 Å². The Hall–Kier alpha value is -1.51. The fourth-order valence-electron chi connectivity index (χ4n) is 2.39. The van der Waals surface area contributed by atoms with E-state index in [0.717, 1.165) is 5.69 Å². The molecule has 2 amide bonds. The standard InChI is InChI=1S/C15H24N2O/c1-9(2)14-11(5)7-13(8-12(14)6)17-15(18)16-10(3)4/h7-10H,1-6H3,(H2,16,17,18). The third-order valence-corrected chi connectivity index (χ3v) is 2.85. The van der Waals surface area contributed by atoms with Gasteiger partial charge in [-0.3, -0.25) is 0 Å². The molecule has 0 saturated carbocycles. The minimum absolute atomic E-state index is 0.141. The van der Waals surface area contributed by atoms with Crippen LogP contribution in [0, 0.1) is 13.8 Å². The van der Waals surface area contributed by atoms with Gasteiger partial charge < -0.3 is 10.6 Å². The summed E-state index contributed by atoms with van der Waals surface area (Å²) in [6.45, 7) is 12.4. The molecule has 1 rings (SSSR count). The predicted molar refractivity (Wildman–Crippen MR) is 77.3 cm³/mol. The molecule has 0 heterocycles. The average Bonchev–Trinajstić information content (AvgIpc) is 2.12. The maximum absolute atomic E-state index is 11.6. The molecule has 0 atom stereocenters. The van der Waals surface area contributed by atoms with Crippen LogP contribution in [0.5, 0.6) is 0 Å². The van der Waals surface area contributed by atoms with Crippen molar-refractivity contribution in [2.45, 2.75) is 53.5 Å². The van der Waals surface area contributed by atoms with E-state index >= 15 is 0 Å². The van der Waals surface area contributed by atoms with E-state index in [-0.39, 0.29) is 12.1 Å². The summed E-state index contributed by atoms with van der Waals surface area (Å²) in [4.78, 5) is 11.6. The Bertz CT molecular complexity index is 413. The van der Waals surface area contributed by atoms with Crippen LogP contribution in [0.25, 0.3) is 0 Å². The molecule has 100 valence electrons. The van der Waals surface area contributed by atoms with Crippen molar-refractivity contribution in [3.05, 3.63) is 28.8 Å². The zero-order chi connectivity index (χ0) is 13.9. The molecular formula is C15H24N2O. The molecule has 0 aromatic heterocycles. The summed E-state index contributed by atoms with van der Waals surface area (Å²) >= 11 is 0. The van der Waals surface area contributed by atoms with Crippen molar-refractivity contribution in [2.24, 2.45) is 0 Å². The van der Waals surface area contributed by atoms with Crippen LogP contribution in [0.1, 0.15) is 50.3 Å². The lowest BCUT2D eigenvalue weighted by Crippen LogP contribution is -2.34. The first-order chi connectivity index (χ1) is 8.31. The molecule has 0 aliphatic rings. The van der Waals surface area contributed by atoms with Crippen molar-refractivity contribution in [3.63, 3.8) is 0 Å². The summed E-state index contributed by atoms with van der Waals surface area (Å²) in [7, 11) is 0. The number of rotatable bonds is 3. The zero-order valence-corrected chi connectivity index (χ0v) is 12.2. The van der Waals surface area contributed by atoms with Gasteiger partial charge >= 0.3 is 6.03 Å². The van der Waals surface area contributed by atoms with Crippen molar-refractivity contribution in [1.29, 1.82) is 0 Å². The van der Waals surface area contributed by atoms with Crippen molar-refractivity contribution in [3.8, 4) is 0 Å². The molecule has 0 fully saturated rings. The fourth-order valence-corrected chi connectivity index (χ4v) is 2.39. The predicted octanol–water partition coefficient (Wildman–Crippen LogP) is 3.96. The fraction of sp³-hybridized carbons (Fsp3) is 0.533. The summed E-state index contributed by atoms with van der Waals surface area (Å²) in [5, 5.41) is 5.69. The lowest BCUT2D eigenvalue weighted by Gasteiger charge is -2.16. The molecule has 0 unspecified atom stereocenters. The highest BCUT2D eigenvalue weighted by Gasteiger charge is 2.10. The van der Waals surface area contributed by atoms with Gasteiger partial charge in [0.05, 0.1) is 0 Å². The summed E-state index contributed by atoms with van der Waals surface area (Å²) in [6.07, 6.45) is 0. The van der Waals surface area contributed by atoms with E-state index in [1.807, 2.05) is 26.0 Å². The molecule has 18 heavy (non-hydrogen) atoms. The van der Waals surface area contributed by atoms with Crippen LogP contribution in [0.15, 0.2) is 12.1 Å². The van der Waals surface area contributed by atoms with E-state index in [1.165, 1.54) is 16.7 Å². The smallest absolute Gasteiger partial charge is 0.319 e. The van der Waals surface area contributed by atoms with Gasteiger partial charge in [-0.15, -0.1) is 0 Å². The number of hydrogen-bond acceptors (Lipinski definition) is 1. The summed E-state index contributed by atoms with van der Waals surface area (Å²) < 4.78 is 0. The van der Waals surface area contributed by atoms with Crippen LogP contribution in [-0.4, -0.2) is 12.1 Å². The number of amides is 2. The van der Waals surface area contributed by atoms with E-state index in [2.05, 4.69) is 38.3 Å². The second-order valence-corrected chi connectivity index (χ2v) is 5.43. The molecule has 2 N–H and O–H groups in total. The molecule has 3 nitrogen and oxygen atoms in total. The first-order valence-electron chi connectivity index (χ1n) is 6.50. The molecule has 3 heteroatoms. The zero-order valence-electron chi connectivity index (χ0n) is 12.2. The van der Waals surface area contributed by atoms with Gasteiger partial charge in [-0.05, 0) is 62.4 Å². The average molecular weight is 248 g/mol. The lowest BCUT2D eigenvalue weighted by molar-refractivity contribution is 0.250. The quantitative estimate of drug-likeness (QED) is 0.835. The summed E-state index contributed by atoms with van der Waals surface area (Å²) in [6, 6.07) is 4.05. The second kappa shape index (κ2) is 5.89. The largest absolute Gasteiger partial charge is 0.336 e. The number of hydrogen-bond donors (Lipinski definition) is 2. The van der Waals surface area contributed by atoms with Gasteiger partial charge in [0, 0.05) is 11.7 Å². The molecule has 0 saturated heterocycles. The number of carbonyl (C=O) groups is 1. The van der Waals surface area contributed by atoms with Gasteiger partial charge in [0.15, 0.2) is 0 Å². The number of urea groups is 1. The molecule has 0 bridgehead atoms. The Morgan fingerprint density at radius 2 is 1.56 bits per heavy atom. The van der Waals surface area contributed by atoms with Gasteiger partial charge in [-0.25, -0.2) is 4.79 Å². The monoisotopic (exact) mass is 248 g/mol. The minimum Gasteiger partial charge on any atom is -0.336 e. The first kappa shape index (κ1) is 14.6. The molecular weight excluding hydrogens is 224 g/mol. The number of anilines is 1. The Morgan fingerprint density at radius 1 is 1.06 bits per heavy atom. The summed E-state index contributed by atoms with van der Waals surface area (Å²) in [5.74, 6) is 0.503. The normalized spacial score (nSPS) is 10.9. The molecule has 0 aliphatic heterocycles. The van der Waals surface area contributed by atoms with E-state index in [1.54, 1.807) is 0 Å². The highest BCUT2D eigenvalue weighted by molar-refractivity contribution is 5.89. The van der Waals surface area contributed by atoms with Crippen molar-refractivity contribution in [1.82, 2.24) is 5.32 Å². The van der Waals surface area contributed by atoms with Crippen LogP contribution in [-0.2, 0) is 0 Å². The number of aryl methyl sites for hydroxylation is 2. The van der Waals surface area contributed by atoms with Gasteiger partial charge in [-0.2, -0.15) is 0 Å². The Morgan fingerprint density at radius 3 is 1.94 bits per heavy atom. The molecule has 1 aromatic carbocycles. The Balaban J connectivity index is 2.90. The van der Waals surface area contributed by atoms with Gasteiger partial charge in [0.1, 0.15) is 0 Å². The van der Waals surface area contributed by atoms with Crippen molar-refractivity contribution in [2.75, 3.05) is 5.32 Å². The highest BCUT2D eigenvalue weighted by atomic mass is 16.2. The maximum Gasteiger partial charge on any atom is 0.319 e. The van der Waals surface area contributed by atoms with Crippen LogP contribution in [0.3, 0.4) is 0 Å². The van der Waals surface area contributed by atoms with Crippen molar-refractivity contribution >= 4 is 11.7 Å². The Kier molecular flexibility index (Phi) is 4.76. The third kappa shape index (κ3) is 3.76. The molecule has 1 aromatic rings. The number of benzene rings is 1. The molecule has 0 radical (unpaired) electrons. The summed E-state index contributed by atoms with van der Waals surface area (Å²) in [5.41, 5.74) is 4.67. The van der Waals surface area contributed by atoms with Gasteiger partial charge in [0.25, 0.3) is 0 Å². The van der Waals surface area contributed by atoms with E-state index < -0.39 is 0 Å². The lowest BCUT2D eigenvalue weighted by atomic mass is 9.93. The van der Waals surface area contributed by atoms with E-state index in [9.17, 15) is 4.79 Å². The highest BCUT2D eigenvalue weighted by Crippen LogP contribution is 2.26. The van der Waals surface area contributed by atoms with E-state index in [4.69, 9.17) is 0 Å². The first-order valence-corrected chi connectivity index (χ1v) is 6.50. The van der Waals surface area contributed by atoms with Gasteiger partial charge in [0.2, 0.25) is 0 Å². The second-order valence-electron chi connectivity index (χ2n) is 5.43. The maximum atomic E-state index is 11.6. The number of nitrogens with one attached hydrogen (secondary N) is 2.